The average Bonchev–Trinajstić information content (AvgIpc) is 2.97. The molecule has 0 aromatic carbocycles. The van der Waals surface area contributed by atoms with E-state index in [-0.39, 0.29) is 11.7 Å². The Morgan fingerprint density at radius 3 is 2.87 bits per heavy atom. The molecule has 0 saturated carbocycles. The standard InChI is InChI=1S/C13H19ClN3O5P/c1-20-23(19,21-2)8-6-13(9-14)5-3-11(22-13)17-7-4-10(15)16-12(17)18/h4,6-8,11H,3,5,9H2,1-2H3,(H2,15,16,18). The second-order valence-corrected chi connectivity index (χ2v) is 7.45. The van der Waals surface area contributed by atoms with E-state index >= 15 is 0 Å². The van der Waals surface area contributed by atoms with Gasteiger partial charge in [0.05, 0.1) is 5.88 Å². The van der Waals surface area contributed by atoms with Crippen LogP contribution in [0.2, 0.25) is 0 Å². The van der Waals surface area contributed by atoms with E-state index in [1.807, 2.05) is 0 Å². The lowest BCUT2D eigenvalue weighted by Gasteiger charge is -2.24. The number of hydrogen-bond donors (Lipinski definition) is 1. The Hall–Kier alpha value is -1.18. The summed E-state index contributed by atoms with van der Waals surface area (Å²) >= 11 is 6.03. The van der Waals surface area contributed by atoms with Crippen molar-refractivity contribution in [3.05, 3.63) is 34.6 Å². The number of anilines is 1. The van der Waals surface area contributed by atoms with Gasteiger partial charge in [-0.25, -0.2) is 4.79 Å². The Kier molecular flexibility index (Phi) is 5.65. The number of ether oxygens (including phenoxy) is 1. The van der Waals surface area contributed by atoms with Crippen molar-refractivity contribution in [3.8, 4) is 0 Å². The molecular weight excluding hydrogens is 345 g/mol. The topological polar surface area (TPSA) is 106 Å². The van der Waals surface area contributed by atoms with Crippen LogP contribution < -0.4 is 11.4 Å². The van der Waals surface area contributed by atoms with Gasteiger partial charge in [0.1, 0.15) is 17.6 Å². The first-order chi connectivity index (χ1) is 10.9. The highest BCUT2D eigenvalue weighted by molar-refractivity contribution is 7.57. The van der Waals surface area contributed by atoms with Crippen molar-refractivity contribution in [1.82, 2.24) is 9.55 Å². The predicted octanol–water partition coefficient (Wildman–Crippen LogP) is 2.11. The van der Waals surface area contributed by atoms with Gasteiger partial charge in [-0.1, -0.05) is 0 Å². The molecule has 1 aromatic rings. The molecule has 0 spiro atoms. The Morgan fingerprint density at radius 2 is 2.30 bits per heavy atom. The number of rotatable bonds is 6. The van der Waals surface area contributed by atoms with E-state index in [0.29, 0.717) is 12.8 Å². The molecule has 1 aliphatic heterocycles. The fourth-order valence-electron chi connectivity index (χ4n) is 2.29. The van der Waals surface area contributed by atoms with Crippen LogP contribution in [-0.2, 0) is 18.3 Å². The van der Waals surface area contributed by atoms with Crippen molar-refractivity contribution in [1.29, 1.82) is 0 Å². The highest BCUT2D eigenvalue weighted by Gasteiger charge is 2.39. The van der Waals surface area contributed by atoms with E-state index in [4.69, 9.17) is 31.1 Å². The predicted molar refractivity (Wildman–Crippen MR) is 86.5 cm³/mol. The monoisotopic (exact) mass is 363 g/mol. The van der Waals surface area contributed by atoms with E-state index < -0.39 is 25.1 Å². The maximum absolute atomic E-state index is 12.1. The Labute approximate surface area is 138 Å². The number of nitrogens with zero attached hydrogens (tertiary/aromatic N) is 2. The molecule has 2 N–H and O–H groups in total. The maximum Gasteiger partial charge on any atom is 0.353 e. The van der Waals surface area contributed by atoms with Gasteiger partial charge in [0.15, 0.2) is 0 Å². The van der Waals surface area contributed by atoms with Crippen LogP contribution in [0.15, 0.2) is 29.0 Å². The summed E-state index contributed by atoms with van der Waals surface area (Å²) in [6, 6.07) is 1.52. The van der Waals surface area contributed by atoms with Gasteiger partial charge in [-0.3, -0.25) is 9.13 Å². The second-order valence-electron chi connectivity index (χ2n) is 5.07. The molecule has 8 nitrogen and oxygen atoms in total. The third kappa shape index (κ3) is 4.02. The molecule has 2 heterocycles. The maximum atomic E-state index is 12.1. The molecule has 10 heteroatoms. The molecule has 23 heavy (non-hydrogen) atoms. The largest absolute Gasteiger partial charge is 0.383 e. The van der Waals surface area contributed by atoms with Gasteiger partial charge in [0.25, 0.3) is 0 Å². The Bertz CT molecular complexity index is 686. The first kappa shape index (κ1) is 18.2. The Balaban J connectivity index is 2.22. The van der Waals surface area contributed by atoms with Gasteiger partial charge < -0.3 is 19.5 Å². The molecule has 0 radical (unpaired) electrons. The third-order valence-corrected chi connectivity index (χ3v) is 5.63. The number of nitrogens with two attached hydrogens (primary N) is 1. The van der Waals surface area contributed by atoms with Gasteiger partial charge in [-0.15, -0.1) is 11.6 Å². The van der Waals surface area contributed by atoms with Crippen LogP contribution in [0.4, 0.5) is 5.82 Å². The summed E-state index contributed by atoms with van der Waals surface area (Å²) in [5.41, 5.74) is 4.12. The first-order valence-electron chi connectivity index (χ1n) is 6.87. The molecule has 1 aliphatic rings. The van der Waals surface area contributed by atoms with Gasteiger partial charge in [-0.05, 0) is 25.0 Å². The molecular formula is C13H19ClN3O5P. The summed E-state index contributed by atoms with van der Waals surface area (Å²) in [5.74, 6) is 1.60. The van der Waals surface area contributed by atoms with Gasteiger partial charge in [0.2, 0.25) is 0 Å². The van der Waals surface area contributed by atoms with Crippen molar-refractivity contribution in [3.63, 3.8) is 0 Å². The van der Waals surface area contributed by atoms with E-state index in [1.165, 1.54) is 36.9 Å². The quantitative estimate of drug-likeness (QED) is 0.609. The molecule has 1 saturated heterocycles. The minimum Gasteiger partial charge on any atom is -0.383 e. The van der Waals surface area contributed by atoms with Crippen LogP contribution in [-0.4, -0.2) is 35.3 Å². The summed E-state index contributed by atoms with van der Waals surface area (Å²) in [6.07, 6.45) is 3.67. The average molecular weight is 364 g/mol. The molecule has 1 aromatic heterocycles. The molecule has 0 amide bonds. The fourth-order valence-corrected chi connectivity index (χ4v) is 3.42. The van der Waals surface area contributed by atoms with Crippen molar-refractivity contribution >= 4 is 25.0 Å². The zero-order valence-corrected chi connectivity index (χ0v) is 14.5. The SMILES string of the molecule is COP(=O)(C=CC1(CCl)CCC(n2ccc(N)nc2=O)O1)OC. The minimum absolute atomic E-state index is 0.130. The molecule has 2 unspecified atom stereocenters. The van der Waals surface area contributed by atoms with E-state index in [2.05, 4.69) is 4.98 Å². The molecule has 2 atom stereocenters. The van der Waals surface area contributed by atoms with Crippen LogP contribution in [0.3, 0.4) is 0 Å². The number of halogens is 1. The summed E-state index contributed by atoms with van der Waals surface area (Å²) in [6.45, 7) is 0. The van der Waals surface area contributed by atoms with Gasteiger partial charge in [0, 0.05) is 26.2 Å². The fraction of sp³-hybridized carbons (Fsp3) is 0.538. The summed E-state index contributed by atoms with van der Waals surface area (Å²) in [5, 5.41) is 0. The van der Waals surface area contributed by atoms with Crippen molar-refractivity contribution in [2.45, 2.75) is 24.7 Å². The second kappa shape index (κ2) is 7.15. The molecule has 128 valence electrons. The third-order valence-electron chi connectivity index (χ3n) is 3.64. The van der Waals surface area contributed by atoms with Gasteiger partial charge in [-0.2, -0.15) is 4.98 Å². The van der Waals surface area contributed by atoms with Crippen LogP contribution in [0.25, 0.3) is 0 Å². The van der Waals surface area contributed by atoms with Crippen LogP contribution >= 0.6 is 19.2 Å². The summed E-state index contributed by atoms with van der Waals surface area (Å²) in [7, 11) is -0.731. The number of hydrogen-bond acceptors (Lipinski definition) is 7. The smallest absolute Gasteiger partial charge is 0.353 e. The number of nitrogen functional groups attached to an aromatic ring is 1. The highest BCUT2D eigenvalue weighted by atomic mass is 35.5. The van der Waals surface area contributed by atoms with Crippen LogP contribution in [0, 0.1) is 0 Å². The van der Waals surface area contributed by atoms with Crippen LogP contribution in [0.5, 0.6) is 0 Å². The summed E-state index contributed by atoms with van der Waals surface area (Å²) in [4.78, 5) is 15.6. The molecule has 2 rings (SSSR count). The highest BCUT2D eigenvalue weighted by Crippen LogP contribution is 2.49. The molecule has 0 aliphatic carbocycles. The van der Waals surface area contributed by atoms with Crippen molar-refractivity contribution < 1.29 is 18.3 Å². The van der Waals surface area contributed by atoms with Gasteiger partial charge >= 0.3 is 13.3 Å². The number of aromatic nitrogens is 2. The van der Waals surface area contributed by atoms with Crippen LogP contribution in [0.1, 0.15) is 19.1 Å². The minimum atomic E-state index is -3.31. The first-order valence-corrected chi connectivity index (χ1v) is 9.02. The van der Waals surface area contributed by atoms with Crippen molar-refractivity contribution in [2.24, 2.45) is 0 Å². The zero-order valence-electron chi connectivity index (χ0n) is 12.8. The number of alkyl halides is 1. The summed E-state index contributed by atoms with van der Waals surface area (Å²) < 4.78 is 29.1. The van der Waals surface area contributed by atoms with E-state index in [1.54, 1.807) is 6.08 Å². The van der Waals surface area contributed by atoms with E-state index in [0.717, 1.165) is 0 Å². The zero-order chi connectivity index (χ0) is 17.1. The lowest BCUT2D eigenvalue weighted by Crippen LogP contribution is -2.32. The lowest BCUT2D eigenvalue weighted by atomic mass is 10.0. The van der Waals surface area contributed by atoms with E-state index in [9.17, 15) is 9.36 Å². The molecule has 0 bridgehead atoms. The molecule has 1 fully saturated rings. The Morgan fingerprint density at radius 1 is 1.61 bits per heavy atom. The normalized spacial score (nSPS) is 25.3. The lowest BCUT2D eigenvalue weighted by molar-refractivity contribution is -0.0328. The van der Waals surface area contributed by atoms with Crippen molar-refractivity contribution in [2.75, 3.05) is 25.8 Å².